The van der Waals surface area contributed by atoms with Crippen LogP contribution < -0.4 is 5.32 Å². The molecule has 2 amide bonds. The molecule has 1 aliphatic heterocycles. The molecule has 0 aromatic carbocycles. The monoisotopic (exact) mass is 362 g/mol. The van der Waals surface area contributed by atoms with E-state index in [1.54, 1.807) is 10.2 Å². The number of alkyl halides is 3. The largest absolute Gasteiger partial charge is 0.405 e. The summed E-state index contributed by atoms with van der Waals surface area (Å²) in [6.45, 7) is 2.09. The number of rotatable bonds is 6. The average molecular weight is 362 g/mol. The summed E-state index contributed by atoms with van der Waals surface area (Å²) in [5, 5.41) is 8.28. The van der Waals surface area contributed by atoms with Crippen LogP contribution in [0, 0.1) is 0 Å². The Morgan fingerprint density at radius 3 is 2.68 bits per heavy atom. The van der Waals surface area contributed by atoms with Crippen LogP contribution in [0.4, 0.5) is 13.2 Å². The number of aromatic amines is 1. The zero-order chi connectivity index (χ0) is 18.4. The van der Waals surface area contributed by atoms with Crippen molar-refractivity contribution in [1.29, 1.82) is 0 Å². The van der Waals surface area contributed by atoms with Crippen molar-refractivity contribution in [2.45, 2.75) is 31.9 Å². The van der Waals surface area contributed by atoms with Crippen molar-refractivity contribution in [1.82, 2.24) is 20.4 Å². The van der Waals surface area contributed by atoms with Crippen molar-refractivity contribution in [3.63, 3.8) is 0 Å². The Morgan fingerprint density at radius 1 is 1.40 bits per heavy atom. The molecule has 0 bridgehead atoms. The van der Waals surface area contributed by atoms with Crippen molar-refractivity contribution < 1.29 is 27.5 Å². The molecule has 1 aromatic heterocycles. The Kier molecular flexibility index (Phi) is 6.40. The Morgan fingerprint density at radius 2 is 2.08 bits per heavy atom. The van der Waals surface area contributed by atoms with Crippen LogP contribution in [0.3, 0.4) is 0 Å². The molecule has 2 rings (SSSR count). The maximum Gasteiger partial charge on any atom is 0.405 e. The van der Waals surface area contributed by atoms with Crippen molar-refractivity contribution >= 4 is 11.8 Å². The number of aromatic nitrogens is 2. The van der Waals surface area contributed by atoms with Crippen molar-refractivity contribution in [3.8, 4) is 0 Å². The summed E-state index contributed by atoms with van der Waals surface area (Å²) < 4.78 is 41.5. The van der Waals surface area contributed by atoms with Gasteiger partial charge in [-0.05, 0) is 25.8 Å². The van der Waals surface area contributed by atoms with Gasteiger partial charge in [0.1, 0.15) is 18.8 Å². The molecule has 7 nitrogen and oxygen atoms in total. The van der Waals surface area contributed by atoms with Crippen LogP contribution in [0.5, 0.6) is 0 Å². The number of ether oxygens (including phenoxy) is 1. The molecule has 10 heteroatoms. The standard InChI is InChI=1S/C15H21F3N4O3/c1-2-25-8-13(23)22-5-3-10(4-6-22)11-7-12(21-20-11)14(24)19-9-15(16,17)18/h7,10H,2-6,8-9H2,1H3,(H,19,24)(H,20,21). The quantitative estimate of drug-likeness (QED) is 0.802. The summed E-state index contributed by atoms with van der Waals surface area (Å²) in [6, 6.07) is 1.47. The highest BCUT2D eigenvalue weighted by Crippen LogP contribution is 2.27. The zero-order valence-corrected chi connectivity index (χ0v) is 13.9. The Hall–Kier alpha value is -2.10. The number of likely N-dealkylation sites (tertiary alicyclic amines) is 1. The molecular formula is C15H21F3N4O3. The van der Waals surface area contributed by atoms with E-state index in [-0.39, 0.29) is 24.1 Å². The minimum atomic E-state index is -4.46. The van der Waals surface area contributed by atoms with Gasteiger partial charge in [0.05, 0.1) is 0 Å². The van der Waals surface area contributed by atoms with Crippen LogP contribution in [0.15, 0.2) is 6.07 Å². The molecule has 1 saturated heterocycles. The fourth-order valence-electron chi connectivity index (χ4n) is 2.65. The smallest absolute Gasteiger partial charge is 0.372 e. The van der Waals surface area contributed by atoms with Crippen LogP contribution in [0.25, 0.3) is 0 Å². The minimum Gasteiger partial charge on any atom is -0.372 e. The first-order valence-corrected chi connectivity index (χ1v) is 8.06. The van der Waals surface area contributed by atoms with Gasteiger partial charge in [-0.3, -0.25) is 14.7 Å². The molecule has 2 heterocycles. The third-order valence-electron chi connectivity index (χ3n) is 4.00. The molecule has 1 fully saturated rings. The lowest BCUT2D eigenvalue weighted by atomic mass is 9.93. The molecule has 0 atom stereocenters. The number of carbonyl (C=O) groups is 2. The zero-order valence-electron chi connectivity index (χ0n) is 13.9. The van der Waals surface area contributed by atoms with Gasteiger partial charge >= 0.3 is 6.18 Å². The summed E-state index contributed by atoms with van der Waals surface area (Å²) >= 11 is 0. The van der Waals surface area contributed by atoms with E-state index in [1.165, 1.54) is 6.07 Å². The Balaban J connectivity index is 1.85. The van der Waals surface area contributed by atoms with Gasteiger partial charge < -0.3 is 15.0 Å². The molecule has 25 heavy (non-hydrogen) atoms. The van der Waals surface area contributed by atoms with Gasteiger partial charge in [-0.15, -0.1) is 0 Å². The van der Waals surface area contributed by atoms with E-state index in [4.69, 9.17) is 4.74 Å². The summed E-state index contributed by atoms with van der Waals surface area (Å²) in [7, 11) is 0. The number of nitrogens with zero attached hydrogens (tertiary/aromatic N) is 2. The highest BCUT2D eigenvalue weighted by atomic mass is 19.4. The number of piperidine rings is 1. The normalized spacial score (nSPS) is 16.1. The lowest BCUT2D eigenvalue weighted by Gasteiger charge is -2.31. The number of nitrogens with one attached hydrogen (secondary N) is 2. The van der Waals surface area contributed by atoms with Crippen molar-refractivity contribution in [2.24, 2.45) is 0 Å². The second-order valence-corrected chi connectivity index (χ2v) is 5.80. The highest BCUT2D eigenvalue weighted by molar-refractivity contribution is 5.92. The molecule has 0 radical (unpaired) electrons. The van der Waals surface area contributed by atoms with Gasteiger partial charge in [0.25, 0.3) is 5.91 Å². The van der Waals surface area contributed by atoms with Gasteiger partial charge in [0.15, 0.2) is 0 Å². The number of hydrogen-bond donors (Lipinski definition) is 2. The van der Waals surface area contributed by atoms with E-state index in [0.29, 0.717) is 38.2 Å². The lowest BCUT2D eigenvalue weighted by molar-refractivity contribution is -0.137. The SMILES string of the molecule is CCOCC(=O)N1CCC(c2cc(C(=O)NCC(F)(F)F)n[nH]2)CC1. The van der Waals surface area contributed by atoms with Crippen LogP contribution in [-0.4, -0.2) is 65.9 Å². The van der Waals surface area contributed by atoms with Gasteiger partial charge in [-0.2, -0.15) is 18.3 Å². The third kappa shape index (κ3) is 5.73. The van der Waals surface area contributed by atoms with Crippen LogP contribution in [0.1, 0.15) is 41.9 Å². The topological polar surface area (TPSA) is 87.3 Å². The number of halogens is 3. The summed E-state index contributed by atoms with van der Waals surface area (Å²) in [5.41, 5.74) is 0.614. The van der Waals surface area contributed by atoms with Crippen molar-refractivity contribution in [3.05, 3.63) is 17.5 Å². The van der Waals surface area contributed by atoms with Gasteiger partial charge in [-0.25, -0.2) is 0 Å². The third-order valence-corrected chi connectivity index (χ3v) is 4.00. The number of H-pyrrole nitrogens is 1. The summed E-state index contributed by atoms with van der Waals surface area (Å²) in [5.74, 6) is -0.853. The Bertz CT molecular complexity index is 595. The van der Waals surface area contributed by atoms with E-state index >= 15 is 0 Å². The van der Waals surface area contributed by atoms with E-state index in [1.807, 2.05) is 6.92 Å². The maximum atomic E-state index is 12.1. The van der Waals surface area contributed by atoms with Crippen LogP contribution in [-0.2, 0) is 9.53 Å². The molecular weight excluding hydrogens is 341 g/mol. The molecule has 2 N–H and O–H groups in total. The summed E-state index contributed by atoms with van der Waals surface area (Å²) in [4.78, 5) is 25.3. The second kappa shape index (κ2) is 8.32. The predicted octanol–water partition coefficient (Wildman–Crippen LogP) is 1.44. The van der Waals surface area contributed by atoms with Gasteiger partial charge in [0.2, 0.25) is 5.91 Å². The number of amides is 2. The van der Waals surface area contributed by atoms with E-state index in [2.05, 4.69) is 10.2 Å². The molecule has 0 saturated carbocycles. The fourth-order valence-corrected chi connectivity index (χ4v) is 2.65. The first-order chi connectivity index (χ1) is 11.8. The lowest BCUT2D eigenvalue weighted by Crippen LogP contribution is -2.40. The number of hydrogen-bond acceptors (Lipinski definition) is 4. The predicted molar refractivity (Wildman–Crippen MR) is 82.0 cm³/mol. The molecule has 0 unspecified atom stereocenters. The second-order valence-electron chi connectivity index (χ2n) is 5.80. The minimum absolute atomic E-state index is 0.0582. The van der Waals surface area contributed by atoms with Crippen molar-refractivity contribution in [2.75, 3.05) is 32.8 Å². The van der Waals surface area contributed by atoms with E-state index in [9.17, 15) is 22.8 Å². The maximum absolute atomic E-state index is 12.1. The first-order valence-electron chi connectivity index (χ1n) is 8.06. The van der Waals surface area contributed by atoms with Gasteiger partial charge in [-0.1, -0.05) is 0 Å². The molecule has 140 valence electrons. The molecule has 1 aliphatic rings. The summed E-state index contributed by atoms with van der Waals surface area (Å²) in [6.07, 6.45) is -3.09. The van der Waals surface area contributed by atoms with Crippen LogP contribution in [0.2, 0.25) is 0 Å². The highest BCUT2D eigenvalue weighted by Gasteiger charge is 2.29. The molecule has 1 aromatic rings. The molecule has 0 aliphatic carbocycles. The Labute approximate surface area is 142 Å². The number of carbonyl (C=O) groups excluding carboxylic acids is 2. The van der Waals surface area contributed by atoms with Gasteiger partial charge in [0, 0.05) is 31.3 Å². The first kappa shape index (κ1) is 19.2. The van der Waals surface area contributed by atoms with E-state index in [0.717, 1.165) is 0 Å². The average Bonchev–Trinajstić information content (AvgIpc) is 3.07. The van der Waals surface area contributed by atoms with Crippen LogP contribution >= 0.6 is 0 Å². The van der Waals surface area contributed by atoms with E-state index < -0.39 is 18.6 Å². The fraction of sp³-hybridized carbons (Fsp3) is 0.667. The molecule has 0 spiro atoms.